The summed E-state index contributed by atoms with van der Waals surface area (Å²) in [5.74, 6) is -2.53. The summed E-state index contributed by atoms with van der Waals surface area (Å²) < 4.78 is 27.0. The summed E-state index contributed by atoms with van der Waals surface area (Å²) in [6.45, 7) is 0.608. The summed E-state index contributed by atoms with van der Waals surface area (Å²) in [5, 5.41) is 8.21. The molecule has 0 unspecified atom stereocenters. The largest absolute Gasteiger partial charge is 0.360 e. The molecule has 0 aliphatic heterocycles. The van der Waals surface area contributed by atoms with Crippen LogP contribution in [0.25, 0.3) is 11.3 Å². The van der Waals surface area contributed by atoms with Gasteiger partial charge in [-0.05, 0) is 12.1 Å². The molecular formula is C18H15F2N3OS. The number of aromatic nitrogens is 1. The number of hydrogen-bond donors (Lipinski definition) is 2. The number of carbonyl (C=O) groups excluding carboxylic acids is 1. The molecule has 2 N–H and O–H groups in total. The van der Waals surface area contributed by atoms with Gasteiger partial charge in [-0.3, -0.25) is 4.79 Å². The molecule has 1 heterocycles. The molecule has 0 fully saturated rings. The number of nitrogens with zero attached hydrogens (tertiary/aromatic N) is 1. The first-order chi connectivity index (χ1) is 12.1. The van der Waals surface area contributed by atoms with Crippen LogP contribution in [-0.4, -0.2) is 24.0 Å². The molecule has 4 nitrogen and oxygen atoms in total. The zero-order valence-corrected chi connectivity index (χ0v) is 13.9. The second kappa shape index (κ2) is 7.85. The molecule has 2 aromatic carbocycles. The summed E-state index contributed by atoms with van der Waals surface area (Å²) in [5.41, 5.74) is 1.32. The van der Waals surface area contributed by atoms with Crippen molar-refractivity contribution in [3.63, 3.8) is 0 Å². The molecule has 0 radical (unpaired) electrons. The van der Waals surface area contributed by atoms with E-state index in [1.165, 1.54) is 17.4 Å². The molecule has 3 rings (SSSR count). The molecule has 0 atom stereocenters. The first-order valence-electron chi connectivity index (χ1n) is 7.62. The molecule has 128 valence electrons. The molecule has 0 saturated heterocycles. The first-order valence-corrected chi connectivity index (χ1v) is 8.50. The van der Waals surface area contributed by atoms with Crippen LogP contribution in [0.15, 0.2) is 53.9 Å². The zero-order chi connectivity index (χ0) is 17.6. The second-order valence-electron chi connectivity index (χ2n) is 5.18. The van der Waals surface area contributed by atoms with Crippen molar-refractivity contribution in [3.8, 4) is 11.3 Å². The Bertz CT molecular complexity index is 848. The van der Waals surface area contributed by atoms with Crippen molar-refractivity contribution in [2.24, 2.45) is 0 Å². The maximum absolute atomic E-state index is 13.5. The van der Waals surface area contributed by atoms with Gasteiger partial charge in [0, 0.05) is 24.0 Å². The second-order valence-corrected chi connectivity index (χ2v) is 6.04. The van der Waals surface area contributed by atoms with Gasteiger partial charge in [0.05, 0.1) is 5.69 Å². The van der Waals surface area contributed by atoms with Crippen LogP contribution < -0.4 is 10.6 Å². The summed E-state index contributed by atoms with van der Waals surface area (Å²) in [4.78, 5) is 16.3. The number of halogens is 2. The fourth-order valence-corrected chi connectivity index (χ4v) is 2.99. The molecular weight excluding hydrogens is 344 g/mol. The summed E-state index contributed by atoms with van der Waals surface area (Å²) >= 11 is 1.45. The Morgan fingerprint density at radius 3 is 2.44 bits per heavy atom. The van der Waals surface area contributed by atoms with Gasteiger partial charge in [-0.2, -0.15) is 0 Å². The third kappa shape index (κ3) is 4.19. The maximum Gasteiger partial charge on any atom is 0.257 e. The van der Waals surface area contributed by atoms with Crippen LogP contribution in [0.3, 0.4) is 0 Å². The van der Waals surface area contributed by atoms with Crippen molar-refractivity contribution in [1.82, 2.24) is 10.3 Å². The molecule has 7 heteroatoms. The van der Waals surface area contributed by atoms with Crippen LogP contribution in [0.4, 0.5) is 13.9 Å². The number of hydrogen-bond acceptors (Lipinski definition) is 4. The minimum atomic E-state index is -0.877. The van der Waals surface area contributed by atoms with Crippen molar-refractivity contribution in [2.45, 2.75) is 0 Å². The summed E-state index contributed by atoms with van der Waals surface area (Å²) in [6.07, 6.45) is 0. The van der Waals surface area contributed by atoms with Crippen molar-refractivity contribution < 1.29 is 13.6 Å². The van der Waals surface area contributed by atoms with E-state index in [-0.39, 0.29) is 6.54 Å². The maximum atomic E-state index is 13.5. The van der Waals surface area contributed by atoms with Gasteiger partial charge in [-0.1, -0.05) is 36.4 Å². The zero-order valence-electron chi connectivity index (χ0n) is 13.1. The number of amides is 1. The molecule has 0 aliphatic carbocycles. The number of thiazole rings is 1. The molecule has 1 aromatic heterocycles. The number of rotatable bonds is 6. The third-order valence-corrected chi connectivity index (χ3v) is 4.25. The van der Waals surface area contributed by atoms with E-state index < -0.39 is 23.1 Å². The predicted octanol–water partition coefficient (Wildman–Crippen LogP) is 3.93. The Morgan fingerprint density at radius 1 is 1.00 bits per heavy atom. The van der Waals surface area contributed by atoms with Gasteiger partial charge in [0.1, 0.15) is 17.2 Å². The fourth-order valence-electron chi connectivity index (χ4n) is 2.25. The molecule has 1 amide bonds. The lowest BCUT2D eigenvalue weighted by molar-refractivity contribution is 0.0947. The van der Waals surface area contributed by atoms with Crippen molar-refractivity contribution in [1.29, 1.82) is 0 Å². The Labute approximate surface area is 147 Å². The van der Waals surface area contributed by atoms with Crippen LogP contribution in [-0.2, 0) is 0 Å². The summed E-state index contributed by atoms with van der Waals surface area (Å²) in [6, 6.07) is 13.1. The summed E-state index contributed by atoms with van der Waals surface area (Å²) in [7, 11) is 0. The lowest BCUT2D eigenvalue weighted by Crippen LogP contribution is -2.30. The van der Waals surface area contributed by atoms with E-state index >= 15 is 0 Å². The van der Waals surface area contributed by atoms with E-state index in [1.54, 1.807) is 0 Å². The standard InChI is InChI=1S/C18H15F2N3OS/c19-13-7-4-8-14(20)16(13)17(24)21-9-10-22-18-23-15(11-25-18)12-5-2-1-3-6-12/h1-8,11H,9-10H2,(H,21,24)(H,22,23). The van der Waals surface area contributed by atoms with Crippen molar-refractivity contribution in [2.75, 3.05) is 18.4 Å². The number of benzene rings is 2. The van der Waals surface area contributed by atoms with Crippen LogP contribution in [0.5, 0.6) is 0 Å². The average molecular weight is 359 g/mol. The molecule has 0 aliphatic rings. The minimum Gasteiger partial charge on any atom is -0.360 e. The van der Waals surface area contributed by atoms with Crippen LogP contribution in [0.1, 0.15) is 10.4 Å². The van der Waals surface area contributed by atoms with Crippen molar-refractivity contribution >= 4 is 22.4 Å². The average Bonchev–Trinajstić information content (AvgIpc) is 3.08. The number of nitrogens with one attached hydrogen (secondary N) is 2. The van der Waals surface area contributed by atoms with Gasteiger partial charge >= 0.3 is 0 Å². The lowest BCUT2D eigenvalue weighted by Gasteiger charge is -2.07. The molecule has 0 spiro atoms. The van der Waals surface area contributed by atoms with E-state index in [9.17, 15) is 13.6 Å². The number of carbonyl (C=O) groups is 1. The minimum absolute atomic E-state index is 0.215. The van der Waals surface area contributed by atoms with E-state index in [0.29, 0.717) is 11.7 Å². The lowest BCUT2D eigenvalue weighted by atomic mass is 10.2. The van der Waals surface area contributed by atoms with E-state index in [1.807, 2.05) is 35.7 Å². The first kappa shape index (κ1) is 17.0. The topological polar surface area (TPSA) is 54.0 Å². The van der Waals surface area contributed by atoms with Gasteiger partial charge in [0.25, 0.3) is 5.91 Å². The molecule has 3 aromatic rings. The number of anilines is 1. The Kier molecular flexibility index (Phi) is 5.35. The van der Waals surface area contributed by atoms with Gasteiger partial charge in [0.15, 0.2) is 5.13 Å². The Morgan fingerprint density at radius 2 is 1.72 bits per heavy atom. The van der Waals surface area contributed by atoms with Crippen LogP contribution in [0, 0.1) is 11.6 Å². The Balaban J connectivity index is 1.51. The van der Waals surface area contributed by atoms with Gasteiger partial charge in [-0.25, -0.2) is 13.8 Å². The van der Waals surface area contributed by atoms with Crippen LogP contribution >= 0.6 is 11.3 Å². The molecule has 0 saturated carbocycles. The normalized spacial score (nSPS) is 10.5. The SMILES string of the molecule is O=C(NCCNc1nc(-c2ccccc2)cs1)c1c(F)cccc1F. The quantitative estimate of drug-likeness (QED) is 0.656. The third-order valence-electron chi connectivity index (χ3n) is 3.45. The van der Waals surface area contributed by atoms with Crippen LogP contribution in [0.2, 0.25) is 0 Å². The van der Waals surface area contributed by atoms with Gasteiger partial charge < -0.3 is 10.6 Å². The highest BCUT2D eigenvalue weighted by atomic mass is 32.1. The Hall–Kier alpha value is -2.80. The van der Waals surface area contributed by atoms with Gasteiger partial charge in [-0.15, -0.1) is 11.3 Å². The van der Waals surface area contributed by atoms with E-state index in [2.05, 4.69) is 15.6 Å². The highest BCUT2D eigenvalue weighted by Gasteiger charge is 2.16. The predicted molar refractivity (Wildman–Crippen MR) is 94.7 cm³/mol. The molecule has 25 heavy (non-hydrogen) atoms. The monoisotopic (exact) mass is 359 g/mol. The van der Waals surface area contributed by atoms with Gasteiger partial charge in [0.2, 0.25) is 0 Å². The molecule has 0 bridgehead atoms. The highest BCUT2D eigenvalue weighted by molar-refractivity contribution is 7.14. The van der Waals surface area contributed by atoms with Crippen molar-refractivity contribution in [3.05, 3.63) is 71.1 Å². The fraction of sp³-hybridized carbons (Fsp3) is 0.111. The highest BCUT2D eigenvalue weighted by Crippen LogP contribution is 2.24. The smallest absolute Gasteiger partial charge is 0.257 e. The van der Waals surface area contributed by atoms with E-state index in [4.69, 9.17) is 0 Å². The van der Waals surface area contributed by atoms with E-state index in [0.717, 1.165) is 23.4 Å².